The van der Waals surface area contributed by atoms with Gasteiger partial charge in [-0.2, -0.15) is 0 Å². The highest BCUT2D eigenvalue weighted by Crippen LogP contribution is 2.17. The van der Waals surface area contributed by atoms with Crippen molar-refractivity contribution < 1.29 is 14.0 Å². The molecule has 2 rings (SSSR count). The fourth-order valence-electron chi connectivity index (χ4n) is 2.94. The van der Waals surface area contributed by atoms with Crippen molar-refractivity contribution in [3.8, 4) is 0 Å². The average Bonchev–Trinajstić information content (AvgIpc) is 3.06. The van der Waals surface area contributed by atoms with Crippen LogP contribution >= 0.6 is 0 Å². The Morgan fingerprint density at radius 2 is 2.05 bits per heavy atom. The van der Waals surface area contributed by atoms with Crippen molar-refractivity contribution >= 4 is 11.8 Å². The highest BCUT2D eigenvalue weighted by Gasteiger charge is 2.19. The Hall–Kier alpha value is -1.78. The van der Waals surface area contributed by atoms with Gasteiger partial charge in [-0.05, 0) is 25.3 Å². The molecular weight excluding hydrogens is 280 g/mol. The molecule has 22 heavy (non-hydrogen) atoms. The molecule has 2 amide bonds. The van der Waals surface area contributed by atoms with E-state index in [9.17, 15) is 9.59 Å². The normalized spacial score (nSPS) is 15.5. The van der Waals surface area contributed by atoms with E-state index in [-0.39, 0.29) is 11.8 Å². The molecule has 5 nitrogen and oxygen atoms in total. The molecule has 1 heterocycles. The Labute approximate surface area is 132 Å². The number of furan rings is 1. The van der Waals surface area contributed by atoms with Gasteiger partial charge in [-0.1, -0.05) is 26.2 Å². The van der Waals surface area contributed by atoms with Crippen molar-refractivity contribution in [2.75, 3.05) is 13.1 Å². The quantitative estimate of drug-likeness (QED) is 0.842. The fraction of sp³-hybridized carbons (Fsp3) is 0.647. The zero-order valence-electron chi connectivity index (χ0n) is 13.3. The molecule has 1 aromatic rings. The fourth-order valence-corrected chi connectivity index (χ4v) is 2.94. The second kappa shape index (κ2) is 8.61. The standard InChI is InChI=1S/C17H26N2O3/c1-2-10-19(17(21)14-9-12-22-13-14)11-8-16(20)18-15-6-4-3-5-7-15/h9,12-13,15H,2-8,10-11H2,1H3,(H,18,20). The molecule has 0 aromatic carbocycles. The molecule has 1 fully saturated rings. The van der Waals surface area contributed by atoms with Crippen LogP contribution in [0.5, 0.6) is 0 Å². The van der Waals surface area contributed by atoms with E-state index in [0.29, 0.717) is 31.1 Å². The zero-order valence-corrected chi connectivity index (χ0v) is 13.3. The van der Waals surface area contributed by atoms with E-state index in [1.807, 2.05) is 6.92 Å². The first-order valence-corrected chi connectivity index (χ1v) is 8.31. The lowest BCUT2D eigenvalue weighted by Gasteiger charge is -2.24. The molecule has 1 N–H and O–H groups in total. The van der Waals surface area contributed by atoms with Gasteiger partial charge in [0.25, 0.3) is 5.91 Å². The summed E-state index contributed by atoms with van der Waals surface area (Å²) < 4.78 is 4.96. The monoisotopic (exact) mass is 306 g/mol. The summed E-state index contributed by atoms with van der Waals surface area (Å²) in [6.07, 6.45) is 10.0. The van der Waals surface area contributed by atoms with Gasteiger partial charge in [0.15, 0.2) is 0 Å². The smallest absolute Gasteiger partial charge is 0.257 e. The molecule has 0 saturated heterocycles. The van der Waals surface area contributed by atoms with E-state index < -0.39 is 0 Å². The SMILES string of the molecule is CCCN(CCC(=O)NC1CCCCC1)C(=O)c1ccoc1. The minimum absolute atomic E-state index is 0.0491. The van der Waals surface area contributed by atoms with Crippen LogP contribution in [0.2, 0.25) is 0 Å². The van der Waals surface area contributed by atoms with Crippen LogP contribution in [0, 0.1) is 0 Å². The summed E-state index contributed by atoms with van der Waals surface area (Å²) in [5, 5.41) is 3.09. The van der Waals surface area contributed by atoms with Crippen molar-refractivity contribution in [1.82, 2.24) is 10.2 Å². The topological polar surface area (TPSA) is 62.6 Å². The van der Waals surface area contributed by atoms with Gasteiger partial charge in [0.05, 0.1) is 11.8 Å². The summed E-state index contributed by atoms with van der Waals surface area (Å²) in [6.45, 7) is 3.13. The number of nitrogens with one attached hydrogen (secondary N) is 1. The Morgan fingerprint density at radius 3 is 2.68 bits per heavy atom. The van der Waals surface area contributed by atoms with Gasteiger partial charge in [0.1, 0.15) is 6.26 Å². The van der Waals surface area contributed by atoms with E-state index in [2.05, 4.69) is 5.32 Å². The summed E-state index contributed by atoms with van der Waals surface area (Å²) in [4.78, 5) is 26.1. The third kappa shape index (κ3) is 4.90. The van der Waals surface area contributed by atoms with Crippen LogP contribution in [-0.2, 0) is 4.79 Å². The molecule has 0 aliphatic heterocycles. The molecule has 1 saturated carbocycles. The van der Waals surface area contributed by atoms with Gasteiger partial charge in [-0.25, -0.2) is 0 Å². The lowest BCUT2D eigenvalue weighted by molar-refractivity contribution is -0.122. The van der Waals surface area contributed by atoms with Crippen molar-refractivity contribution in [3.63, 3.8) is 0 Å². The van der Waals surface area contributed by atoms with Gasteiger partial charge in [0.2, 0.25) is 5.91 Å². The first-order valence-electron chi connectivity index (χ1n) is 8.31. The second-order valence-corrected chi connectivity index (χ2v) is 5.96. The number of carbonyl (C=O) groups is 2. The lowest BCUT2D eigenvalue weighted by Crippen LogP contribution is -2.39. The van der Waals surface area contributed by atoms with Gasteiger partial charge < -0.3 is 14.6 Å². The van der Waals surface area contributed by atoms with E-state index >= 15 is 0 Å². The Balaban J connectivity index is 1.80. The highest BCUT2D eigenvalue weighted by atomic mass is 16.3. The molecule has 0 atom stereocenters. The summed E-state index contributed by atoms with van der Waals surface area (Å²) in [5.41, 5.74) is 0.543. The molecule has 5 heteroatoms. The number of hydrogen-bond donors (Lipinski definition) is 1. The first-order chi connectivity index (χ1) is 10.7. The summed E-state index contributed by atoms with van der Waals surface area (Å²) in [5.74, 6) is -0.0194. The third-order valence-electron chi connectivity index (χ3n) is 4.13. The van der Waals surface area contributed by atoms with Crippen LogP contribution in [0.25, 0.3) is 0 Å². The van der Waals surface area contributed by atoms with E-state index in [1.165, 1.54) is 31.8 Å². The van der Waals surface area contributed by atoms with Crippen LogP contribution in [-0.4, -0.2) is 35.8 Å². The van der Waals surface area contributed by atoms with Crippen LogP contribution in [0.3, 0.4) is 0 Å². The maximum atomic E-state index is 12.3. The predicted octanol–water partition coefficient (Wildman–Crippen LogP) is 2.97. The Morgan fingerprint density at radius 1 is 1.27 bits per heavy atom. The molecule has 0 unspecified atom stereocenters. The molecular formula is C17H26N2O3. The molecule has 0 radical (unpaired) electrons. The Bertz CT molecular complexity index is 464. The Kier molecular flexibility index (Phi) is 6.49. The van der Waals surface area contributed by atoms with Crippen molar-refractivity contribution in [2.24, 2.45) is 0 Å². The highest BCUT2D eigenvalue weighted by molar-refractivity contribution is 5.94. The van der Waals surface area contributed by atoms with E-state index in [0.717, 1.165) is 19.3 Å². The molecule has 1 aromatic heterocycles. The number of rotatable bonds is 7. The first kappa shape index (κ1) is 16.6. The molecule has 0 bridgehead atoms. The summed E-state index contributed by atoms with van der Waals surface area (Å²) in [7, 11) is 0. The predicted molar refractivity (Wildman–Crippen MR) is 84.5 cm³/mol. The van der Waals surface area contributed by atoms with Crippen LogP contribution < -0.4 is 5.32 Å². The average molecular weight is 306 g/mol. The minimum Gasteiger partial charge on any atom is -0.472 e. The number of amides is 2. The molecule has 1 aliphatic rings. The number of carbonyl (C=O) groups excluding carboxylic acids is 2. The van der Waals surface area contributed by atoms with Gasteiger partial charge in [-0.3, -0.25) is 9.59 Å². The van der Waals surface area contributed by atoms with Crippen LogP contribution in [0.4, 0.5) is 0 Å². The largest absolute Gasteiger partial charge is 0.472 e. The second-order valence-electron chi connectivity index (χ2n) is 5.96. The van der Waals surface area contributed by atoms with E-state index in [4.69, 9.17) is 4.42 Å². The van der Waals surface area contributed by atoms with Gasteiger partial charge >= 0.3 is 0 Å². The molecule has 1 aliphatic carbocycles. The third-order valence-corrected chi connectivity index (χ3v) is 4.13. The maximum Gasteiger partial charge on any atom is 0.257 e. The summed E-state index contributed by atoms with van der Waals surface area (Å²) >= 11 is 0. The van der Waals surface area contributed by atoms with E-state index in [1.54, 1.807) is 11.0 Å². The maximum absolute atomic E-state index is 12.3. The van der Waals surface area contributed by atoms with Crippen molar-refractivity contribution in [2.45, 2.75) is 57.9 Å². The minimum atomic E-state index is -0.0685. The summed E-state index contributed by atoms with van der Waals surface area (Å²) in [6, 6.07) is 1.98. The number of nitrogens with zero attached hydrogens (tertiary/aromatic N) is 1. The van der Waals surface area contributed by atoms with Crippen LogP contribution in [0.1, 0.15) is 62.2 Å². The lowest BCUT2D eigenvalue weighted by atomic mass is 9.95. The molecule has 0 spiro atoms. The van der Waals surface area contributed by atoms with Crippen molar-refractivity contribution in [1.29, 1.82) is 0 Å². The zero-order chi connectivity index (χ0) is 15.8. The van der Waals surface area contributed by atoms with Crippen LogP contribution in [0.15, 0.2) is 23.0 Å². The van der Waals surface area contributed by atoms with Gasteiger partial charge in [0, 0.05) is 25.6 Å². The van der Waals surface area contributed by atoms with Gasteiger partial charge in [-0.15, -0.1) is 0 Å². The van der Waals surface area contributed by atoms with Crippen molar-refractivity contribution in [3.05, 3.63) is 24.2 Å². The number of hydrogen-bond acceptors (Lipinski definition) is 3. The molecule has 122 valence electrons.